The lowest BCUT2D eigenvalue weighted by Crippen LogP contribution is -2.37. The molecule has 0 unspecified atom stereocenters. The fraction of sp³-hybridized carbons (Fsp3) is 0.579. The van der Waals surface area contributed by atoms with Crippen molar-refractivity contribution in [1.82, 2.24) is 5.32 Å². The summed E-state index contributed by atoms with van der Waals surface area (Å²) in [6, 6.07) is 7.51. The minimum Gasteiger partial charge on any atom is -0.349 e. The number of carbonyl (C=O) groups excluding carboxylic acids is 1. The number of nitrogens with zero attached hydrogens (tertiary/aromatic N) is 1. The van der Waals surface area contributed by atoms with Gasteiger partial charge in [-0.2, -0.15) is 0 Å². The zero-order valence-electron chi connectivity index (χ0n) is 15.3. The van der Waals surface area contributed by atoms with E-state index in [0.29, 0.717) is 5.56 Å². The number of sulfone groups is 1. The summed E-state index contributed by atoms with van der Waals surface area (Å²) in [5.41, 5.74) is 1.43. The highest BCUT2D eigenvalue weighted by Crippen LogP contribution is 2.34. The minimum absolute atomic E-state index is 0.0117. The molecule has 0 radical (unpaired) electrons. The fourth-order valence-electron chi connectivity index (χ4n) is 3.95. The number of aliphatic imine (C=N–C) groups is 1. The van der Waals surface area contributed by atoms with E-state index in [0.717, 1.165) is 29.6 Å². The number of hydrogen-bond acceptors (Lipinski definition) is 6. The van der Waals surface area contributed by atoms with Crippen LogP contribution in [0.3, 0.4) is 0 Å². The third-order valence-corrected chi connectivity index (χ3v) is 8.69. The number of hydrogen-bond donors (Lipinski definition) is 2. The second kappa shape index (κ2) is 7.47. The van der Waals surface area contributed by atoms with Gasteiger partial charge in [0.25, 0.3) is 5.91 Å². The summed E-state index contributed by atoms with van der Waals surface area (Å²) >= 11 is 1.48. The first-order valence-electron chi connectivity index (χ1n) is 9.51. The molecule has 8 heteroatoms. The summed E-state index contributed by atoms with van der Waals surface area (Å²) in [6.07, 6.45) is 4.43. The molecule has 6 nitrogen and oxygen atoms in total. The standard InChI is InChI=1S/C19H25N3O3S2/c1-12-5-7-14(8-6-12)20-18(23)13-3-2-4-15(9-13)21-19-22-16-10-27(24,25)11-17(16)26-19/h2-4,9,12,14,16-17H,5-8,10-11H2,1H3,(H,20,23)(H,21,22)/t12?,14?,16-,17-/m1/s1. The second-order valence-electron chi connectivity index (χ2n) is 7.87. The SMILES string of the molecule is CC1CCC(NC(=O)c2cccc(NC3=N[C@@H]4CS(=O)(=O)C[C@H]4S3)c2)CC1. The van der Waals surface area contributed by atoms with Crippen molar-refractivity contribution in [3.05, 3.63) is 29.8 Å². The summed E-state index contributed by atoms with van der Waals surface area (Å²) < 4.78 is 23.3. The maximum Gasteiger partial charge on any atom is 0.251 e. The van der Waals surface area contributed by atoms with Gasteiger partial charge in [-0.25, -0.2) is 8.42 Å². The number of thioether (sulfide) groups is 1. The first kappa shape index (κ1) is 18.8. The average molecular weight is 408 g/mol. The zero-order chi connectivity index (χ0) is 19.0. The summed E-state index contributed by atoms with van der Waals surface area (Å²) in [7, 11) is -2.95. The van der Waals surface area contributed by atoms with E-state index >= 15 is 0 Å². The second-order valence-corrected chi connectivity index (χ2v) is 11.3. The molecule has 0 aromatic heterocycles. The van der Waals surface area contributed by atoms with Crippen molar-refractivity contribution < 1.29 is 13.2 Å². The van der Waals surface area contributed by atoms with Gasteiger partial charge in [0, 0.05) is 22.5 Å². The first-order valence-corrected chi connectivity index (χ1v) is 12.2. The predicted molar refractivity (Wildman–Crippen MR) is 110 cm³/mol. The van der Waals surface area contributed by atoms with Gasteiger partial charge in [0.15, 0.2) is 15.0 Å². The molecule has 0 spiro atoms. The van der Waals surface area contributed by atoms with Crippen LogP contribution in [0.1, 0.15) is 43.0 Å². The molecule has 2 aliphatic heterocycles. The van der Waals surface area contributed by atoms with E-state index in [1.165, 1.54) is 24.6 Å². The summed E-state index contributed by atoms with van der Waals surface area (Å²) in [5.74, 6) is 1.05. The van der Waals surface area contributed by atoms with Gasteiger partial charge in [0.2, 0.25) is 0 Å². The van der Waals surface area contributed by atoms with Crippen LogP contribution in [0.2, 0.25) is 0 Å². The van der Waals surface area contributed by atoms with Crippen molar-refractivity contribution in [3.63, 3.8) is 0 Å². The maximum absolute atomic E-state index is 12.6. The van der Waals surface area contributed by atoms with Crippen LogP contribution >= 0.6 is 11.8 Å². The Labute approximate surface area is 164 Å². The molecule has 2 atom stereocenters. The molecule has 1 saturated carbocycles. The molecule has 1 aromatic carbocycles. The van der Waals surface area contributed by atoms with E-state index in [1.54, 1.807) is 0 Å². The molecule has 1 saturated heterocycles. The van der Waals surface area contributed by atoms with E-state index in [9.17, 15) is 13.2 Å². The number of benzene rings is 1. The predicted octanol–water partition coefficient (Wildman–Crippen LogP) is 2.68. The molecule has 2 N–H and O–H groups in total. The highest BCUT2D eigenvalue weighted by Gasteiger charge is 2.42. The molecular formula is C19H25N3O3S2. The quantitative estimate of drug-likeness (QED) is 0.804. The molecule has 27 heavy (non-hydrogen) atoms. The van der Waals surface area contributed by atoms with E-state index < -0.39 is 9.84 Å². The molecule has 2 fully saturated rings. The van der Waals surface area contributed by atoms with Gasteiger partial charge in [-0.15, -0.1) is 0 Å². The highest BCUT2D eigenvalue weighted by molar-refractivity contribution is 8.15. The van der Waals surface area contributed by atoms with Crippen LogP contribution in [0.15, 0.2) is 29.3 Å². The molecular weight excluding hydrogens is 382 g/mol. The summed E-state index contributed by atoms with van der Waals surface area (Å²) in [6.45, 7) is 2.26. The van der Waals surface area contributed by atoms with Gasteiger partial charge < -0.3 is 10.6 Å². The highest BCUT2D eigenvalue weighted by atomic mass is 32.2. The van der Waals surface area contributed by atoms with Crippen molar-refractivity contribution in [1.29, 1.82) is 0 Å². The Morgan fingerprint density at radius 2 is 1.96 bits per heavy atom. The molecule has 1 amide bonds. The molecule has 1 aliphatic carbocycles. The number of amides is 1. The number of amidine groups is 1. The lowest BCUT2D eigenvalue weighted by Gasteiger charge is -2.27. The molecule has 0 bridgehead atoms. The Balaban J connectivity index is 1.37. The normalized spacial score (nSPS) is 31.8. The van der Waals surface area contributed by atoms with Crippen LogP contribution in [-0.4, -0.2) is 48.3 Å². The number of fused-ring (bicyclic) bond motifs is 1. The van der Waals surface area contributed by atoms with Crippen molar-refractivity contribution in [2.24, 2.45) is 10.9 Å². The van der Waals surface area contributed by atoms with E-state index in [4.69, 9.17) is 0 Å². The molecule has 2 heterocycles. The first-order chi connectivity index (χ1) is 12.9. The molecule has 4 rings (SSSR count). The van der Waals surface area contributed by atoms with Crippen LogP contribution in [-0.2, 0) is 9.84 Å². The molecule has 146 valence electrons. The van der Waals surface area contributed by atoms with Crippen LogP contribution in [0.25, 0.3) is 0 Å². The summed E-state index contributed by atoms with van der Waals surface area (Å²) in [4.78, 5) is 17.1. The van der Waals surface area contributed by atoms with Gasteiger partial charge in [-0.3, -0.25) is 9.79 Å². The smallest absolute Gasteiger partial charge is 0.251 e. The van der Waals surface area contributed by atoms with Crippen LogP contribution < -0.4 is 10.6 Å². The lowest BCUT2D eigenvalue weighted by atomic mass is 9.87. The van der Waals surface area contributed by atoms with E-state index in [-0.39, 0.29) is 34.7 Å². The Hall–Kier alpha value is -1.54. The third-order valence-electron chi connectivity index (χ3n) is 5.55. The Morgan fingerprint density at radius 3 is 2.70 bits per heavy atom. The van der Waals surface area contributed by atoms with Crippen molar-refractivity contribution in [2.45, 2.75) is 49.9 Å². The van der Waals surface area contributed by atoms with Gasteiger partial charge in [0.1, 0.15) is 0 Å². The largest absolute Gasteiger partial charge is 0.349 e. The van der Waals surface area contributed by atoms with E-state index in [1.807, 2.05) is 24.3 Å². The number of nitrogens with one attached hydrogen (secondary N) is 2. The van der Waals surface area contributed by atoms with Gasteiger partial charge in [0.05, 0.1) is 17.5 Å². The third kappa shape index (κ3) is 4.48. The number of rotatable bonds is 3. The topological polar surface area (TPSA) is 87.6 Å². The number of carbonyl (C=O) groups is 1. The van der Waals surface area contributed by atoms with Gasteiger partial charge in [-0.05, 0) is 49.8 Å². The zero-order valence-corrected chi connectivity index (χ0v) is 17.0. The monoisotopic (exact) mass is 407 g/mol. The van der Waals surface area contributed by atoms with Crippen LogP contribution in [0.4, 0.5) is 5.69 Å². The van der Waals surface area contributed by atoms with Gasteiger partial charge in [-0.1, -0.05) is 24.8 Å². The summed E-state index contributed by atoms with van der Waals surface area (Å²) in [5, 5.41) is 7.14. The van der Waals surface area contributed by atoms with Crippen LogP contribution in [0.5, 0.6) is 0 Å². The van der Waals surface area contributed by atoms with E-state index in [2.05, 4.69) is 22.5 Å². The number of anilines is 1. The van der Waals surface area contributed by atoms with Crippen molar-refractivity contribution >= 4 is 38.4 Å². The van der Waals surface area contributed by atoms with Gasteiger partial charge >= 0.3 is 0 Å². The van der Waals surface area contributed by atoms with Crippen molar-refractivity contribution in [3.8, 4) is 0 Å². The average Bonchev–Trinajstić information content (AvgIpc) is 3.09. The minimum atomic E-state index is -2.95. The fourth-order valence-corrected chi connectivity index (χ4v) is 7.63. The Morgan fingerprint density at radius 1 is 1.19 bits per heavy atom. The molecule has 3 aliphatic rings. The lowest BCUT2D eigenvalue weighted by molar-refractivity contribution is 0.0923. The van der Waals surface area contributed by atoms with Crippen molar-refractivity contribution in [2.75, 3.05) is 16.8 Å². The maximum atomic E-state index is 12.6. The Kier molecular flexibility index (Phi) is 5.20. The van der Waals surface area contributed by atoms with Crippen LogP contribution in [0, 0.1) is 5.92 Å². The Bertz CT molecular complexity index is 861. The molecule has 1 aromatic rings.